The Kier molecular flexibility index (Phi) is 2.93. The van der Waals surface area contributed by atoms with Gasteiger partial charge in [-0.3, -0.25) is 4.79 Å². The molecule has 0 saturated carbocycles. The molecule has 0 bridgehead atoms. The van der Waals surface area contributed by atoms with Crippen LogP contribution in [0.2, 0.25) is 5.02 Å². The standard InChI is InChI=1S/C11H13ClN2O/c1-7(15)11-6-14-10-3-2-9(12)4-8(10)5-13-11/h2-4,11,13-14H,5-6H2,1H3. The average Bonchev–Trinajstić information content (AvgIpc) is 2.39. The van der Waals surface area contributed by atoms with Crippen molar-refractivity contribution >= 4 is 23.1 Å². The van der Waals surface area contributed by atoms with E-state index in [1.807, 2.05) is 18.2 Å². The summed E-state index contributed by atoms with van der Waals surface area (Å²) in [6, 6.07) is 5.60. The monoisotopic (exact) mass is 224 g/mol. The molecule has 0 aliphatic carbocycles. The molecule has 1 aromatic carbocycles. The Labute approximate surface area is 93.8 Å². The number of hydrogen-bond acceptors (Lipinski definition) is 3. The number of halogens is 1. The molecule has 0 aromatic heterocycles. The van der Waals surface area contributed by atoms with E-state index in [1.165, 1.54) is 0 Å². The third kappa shape index (κ3) is 2.30. The van der Waals surface area contributed by atoms with Gasteiger partial charge in [-0.15, -0.1) is 0 Å². The van der Waals surface area contributed by atoms with Crippen molar-refractivity contribution in [2.45, 2.75) is 19.5 Å². The second kappa shape index (κ2) is 4.21. The van der Waals surface area contributed by atoms with Crippen LogP contribution < -0.4 is 10.6 Å². The van der Waals surface area contributed by atoms with Crippen molar-refractivity contribution < 1.29 is 4.79 Å². The van der Waals surface area contributed by atoms with Gasteiger partial charge in [0.15, 0.2) is 0 Å². The highest BCUT2D eigenvalue weighted by atomic mass is 35.5. The summed E-state index contributed by atoms with van der Waals surface area (Å²) >= 11 is 5.91. The molecular weight excluding hydrogens is 212 g/mol. The van der Waals surface area contributed by atoms with E-state index in [0.29, 0.717) is 13.1 Å². The fourth-order valence-electron chi connectivity index (χ4n) is 1.69. The first kappa shape index (κ1) is 10.5. The van der Waals surface area contributed by atoms with Crippen molar-refractivity contribution in [3.05, 3.63) is 28.8 Å². The summed E-state index contributed by atoms with van der Waals surface area (Å²) in [5, 5.41) is 7.16. The van der Waals surface area contributed by atoms with Crippen molar-refractivity contribution in [2.24, 2.45) is 0 Å². The Morgan fingerprint density at radius 3 is 3.07 bits per heavy atom. The van der Waals surface area contributed by atoms with Crippen LogP contribution in [0.25, 0.3) is 0 Å². The summed E-state index contributed by atoms with van der Waals surface area (Å²) in [6.07, 6.45) is 0. The van der Waals surface area contributed by atoms with E-state index < -0.39 is 0 Å². The molecule has 1 atom stereocenters. The first-order valence-electron chi connectivity index (χ1n) is 4.93. The molecule has 15 heavy (non-hydrogen) atoms. The number of ketones is 1. The summed E-state index contributed by atoms with van der Waals surface area (Å²) < 4.78 is 0. The lowest BCUT2D eigenvalue weighted by Crippen LogP contribution is -2.38. The Balaban J connectivity index is 2.21. The van der Waals surface area contributed by atoms with Crippen molar-refractivity contribution in [2.75, 3.05) is 11.9 Å². The van der Waals surface area contributed by atoms with Gasteiger partial charge in [-0.2, -0.15) is 0 Å². The molecule has 1 aliphatic heterocycles. The third-order valence-corrected chi connectivity index (χ3v) is 2.83. The van der Waals surface area contributed by atoms with Crippen LogP contribution in [0.15, 0.2) is 18.2 Å². The predicted octanol–water partition coefficient (Wildman–Crippen LogP) is 1.81. The molecule has 0 saturated heterocycles. The SMILES string of the molecule is CC(=O)C1CNc2ccc(Cl)cc2CN1. The van der Waals surface area contributed by atoms with Crippen molar-refractivity contribution in [1.82, 2.24) is 5.32 Å². The lowest BCUT2D eigenvalue weighted by Gasteiger charge is -2.11. The molecule has 3 nitrogen and oxygen atoms in total. The van der Waals surface area contributed by atoms with E-state index in [1.54, 1.807) is 6.92 Å². The van der Waals surface area contributed by atoms with Crippen LogP contribution in [0, 0.1) is 0 Å². The zero-order valence-corrected chi connectivity index (χ0v) is 9.27. The van der Waals surface area contributed by atoms with Crippen LogP contribution >= 0.6 is 11.6 Å². The minimum absolute atomic E-state index is 0.115. The zero-order valence-electron chi connectivity index (χ0n) is 8.51. The highest BCUT2D eigenvalue weighted by Gasteiger charge is 2.18. The highest BCUT2D eigenvalue weighted by molar-refractivity contribution is 6.30. The molecule has 1 aromatic rings. The van der Waals surface area contributed by atoms with Crippen LogP contribution in [-0.2, 0) is 11.3 Å². The van der Waals surface area contributed by atoms with Crippen LogP contribution in [0.1, 0.15) is 12.5 Å². The Morgan fingerprint density at radius 1 is 1.53 bits per heavy atom. The van der Waals surface area contributed by atoms with E-state index in [0.717, 1.165) is 16.3 Å². The number of hydrogen-bond donors (Lipinski definition) is 2. The maximum absolute atomic E-state index is 11.2. The van der Waals surface area contributed by atoms with Crippen LogP contribution in [0.4, 0.5) is 5.69 Å². The second-order valence-corrected chi connectivity index (χ2v) is 4.16. The first-order valence-corrected chi connectivity index (χ1v) is 5.31. The van der Waals surface area contributed by atoms with Gasteiger partial charge >= 0.3 is 0 Å². The summed E-state index contributed by atoms with van der Waals surface area (Å²) in [5.41, 5.74) is 2.15. The van der Waals surface area contributed by atoms with Gasteiger partial charge in [-0.25, -0.2) is 0 Å². The van der Waals surface area contributed by atoms with Crippen molar-refractivity contribution in [3.63, 3.8) is 0 Å². The van der Waals surface area contributed by atoms with Crippen molar-refractivity contribution in [3.8, 4) is 0 Å². The van der Waals surface area contributed by atoms with E-state index >= 15 is 0 Å². The molecular formula is C11H13ClN2O. The molecule has 0 amide bonds. The largest absolute Gasteiger partial charge is 0.383 e. The average molecular weight is 225 g/mol. The van der Waals surface area contributed by atoms with Crippen LogP contribution in [0.5, 0.6) is 0 Å². The smallest absolute Gasteiger partial charge is 0.148 e. The van der Waals surface area contributed by atoms with Crippen molar-refractivity contribution in [1.29, 1.82) is 0 Å². The number of nitrogens with one attached hydrogen (secondary N) is 2. The summed E-state index contributed by atoms with van der Waals surface area (Å²) in [5.74, 6) is 0.154. The normalized spacial score (nSPS) is 20.0. The number of rotatable bonds is 1. The fourth-order valence-corrected chi connectivity index (χ4v) is 1.88. The van der Waals surface area contributed by atoms with E-state index in [-0.39, 0.29) is 11.8 Å². The minimum atomic E-state index is -0.115. The lowest BCUT2D eigenvalue weighted by molar-refractivity contribution is -0.118. The molecule has 2 rings (SSSR count). The van der Waals surface area contributed by atoms with E-state index in [4.69, 9.17) is 11.6 Å². The minimum Gasteiger partial charge on any atom is -0.383 e. The zero-order chi connectivity index (χ0) is 10.8. The number of anilines is 1. The molecule has 1 unspecified atom stereocenters. The molecule has 80 valence electrons. The number of benzene rings is 1. The highest BCUT2D eigenvalue weighted by Crippen LogP contribution is 2.22. The maximum atomic E-state index is 11.2. The summed E-state index contributed by atoms with van der Waals surface area (Å²) in [6.45, 7) is 2.90. The van der Waals surface area contributed by atoms with Gasteiger partial charge < -0.3 is 10.6 Å². The molecule has 0 radical (unpaired) electrons. The quantitative estimate of drug-likeness (QED) is 0.765. The Hall–Kier alpha value is -1.06. The van der Waals surface area contributed by atoms with Gasteiger partial charge in [0, 0.05) is 23.8 Å². The summed E-state index contributed by atoms with van der Waals surface area (Å²) in [4.78, 5) is 11.2. The fraction of sp³-hybridized carbons (Fsp3) is 0.364. The lowest BCUT2D eigenvalue weighted by atomic mass is 10.2. The van der Waals surface area contributed by atoms with Gasteiger partial charge in [0.25, 0.3) is 0 Å². The molecule has 2 N–H and O–H groups in total. The summed E-state index contributed by atoms with van der Waals surface area (Å²) in [7, 11) is 0. The third-order valence-electron chi connectivity index (χ3n) is 2.59. The molecule has 0 spiro atoms. The van der Waals surface area contributed by atoms with E-state index in [9.17, 15) is 4.79 Å². The van der Waals surface area contributed by atoms with Gasteiger partial charge in [0.1, 0.15) is 5.78 Å². The van der Waals surface area contributed by atoms with Gasteiger partial charge in [-0.05, 0) is 30.7 Å². The van der Waals surface area contributed by atoms with Crippen LogP contribution in [0.3, 0.4) is 0 Å². The first-order chi connectivity index (χ1) is 7.16. The number of fused-ring (bicyclic) bond motifs is 1. The number of Topliss-reactive ketones (excluding diaryl/α,β-unsaturated/α-hetero) is 1. The molecule has 1 heterocycles. The van der Waals surface area contributed by atoms with E-state index in [2.05, 4.69) is 10.6 Å². The molecule has 1 aliphatic rings. The Morgan fingerprint density at radius 2 is 2.33 bits per heavy atom. The second-order valence-electron chi connectivity index (χ2n) is 3.73. The number of carbonyl (C=O) groups excluding carboxylic acids is 1. The Bertz CT molecular complexity index is 392. The predicted molar refractivity (Wildman–Crippen MR) is 61.3 cm³/mol. The molecule has 4 heteroatoms. The van der Waals surface area contributed by atoms with Gasteiger partial charge in [0.05, 0.1) is 6.04 Å². The van der Waals surface area contributed by atoms with Gasteiger partial charge in [-0.1, -0.05) is 11.6 Å². The van der Waals surface area contributed by atoms with Gasteiger partial charge in [0.2, 0.25) is 0 Å². The van der Waals surface area contributed by atoms with Crippen LogP contribution in [-0.4, -0.2) is 18.4 Å². The number of carbonyl (C=O) groups is 1. The topological polar surface area (TPSA) is 41.1 Å². The molecule has 0 fully saturated rings. The maximum Gasteiger partial charge on any atom is 0.148 e.